The molecular weight excluding hydrogens is 367 g/mol. The van der Waals surface area contributed by atoms with Crippen molar-refractivity contribution in [2.24, 2.45) is 0 Å². The SMILES string of the molecule is Cc1cccc(CN(CCC(=O)NCCc2ccccc2F)S(C)(=O)=O)c1. The van der Waals surface area contributed by atoms with Crippen molar-refractivity contribution >= 4 is 15.9 Å². The predicted molar refractivity (Wildman–Crippen MR) is 104 cm³/mol. The van der Waals surface area contributed by atoms with E-state index < -0.39 is 10.0 Å². The highest BCUT2D eigenvalue weighted by molar-refractivity contribution is 7.88. The molecule has 0 saturated heterocycles. The van der Waals surface area contributed by atoms with Crippen molar-refractivity contribution in [2.45, 2.75) is 26.3 Å². The third-order valence-electron chi connectivity index (χ3n) is 4.17. The molecule has 7 heteroatoms. The predicted octanol–water partition coefficient (Wildman–Crippen LogP) is 2.64. The molecule has 0 aliphatic rings. The molecule has 0 bridgehead atoms. The Balaban J connectivity index is 1.85. The Morgan fingerprint density at radius 2 is 1.89 bits per heavy atom. The van der Waals surface area contributed by atoms with Crippen LogP contribution in [0.1, 0.15) is 23.1 Å². The first kappa shape index (κ1) is 21.1. The molecule has 5 nitrogen and oxygen atoms in total. The van der Waals surface area contributed by atoms with Crippen LogP contribution in [-0.2, 0) is 27.8 Å². The second-order valence-electron chi connectivity index (χ2n) is 6.53. The molecule has 0 atom stereocenters. The van der Waals surface area contributed by atoms with Crippen LogP contribution < -0.4 is 5.32 Å². The molecule has 2 rings (SSSR count). The van der Waals surface area contributed by atoms with Crippen LogP contribution >= 0.6 is 0 Å². The van der Waals surface area contributed by atoms with E-state index in [0.717, 1.165) is 17.4 Å². The van der Waals surface area contributed by atoms with E-state index in [1.807, 2.05) is 31.2 Å². The van der Waals surface area contributed by atoms with Crippen molar-refractivity contribution in [1.29, 1.82) is 0 Å². The number of hydrogen-bond donors (Lipinski definition) is 1. The summed E-state index contributed by atoms with van der Waals surface area (Å²) in [6.07, 6.45) is 1.58. The summed E-state index contributed by atoms with van der Waals surface area (Å²) in [5.74, 6) is -0.558. The van der Waals surface area contributed by atoms with Crippen LogP contribution in [0.25, 0.3) is 0 Å². The number of nitrogens with one attached hydrogen (secondary N) is 1. The fraction of sp³-hybridized carbons (Fsp3) is 0.350. The molecule has 1 N–H and O–H groups in total. The van der Waals surface area contributed by atoms with E-state index in [9.17, 15) is 17.6 Å². The van der Waals surface area contributed by atoms with Gasteiger partial charge in [0.1, 0.15) is 5.82 Å². The number of hydrogen-bond acceptors (Lipinski definition) is 3. The summed E-state index contributed by atoms with van der Waals surface area (Å²) in [6, 6.07) is 14.0. The fourth-order valence-corrected chi connectivity index (χ4v) is 3.54. The summed E-state index contributed by atoms with van der Waals surface area (Å²) in [4.78, 5) is 12.0. The normalized spacial score (nSPS) is 11.6. The fourth-order valence-electron chi connectivity index (χ4n) is 2.73. The lowest BCUT2D eigenvalue weighted by Gasteiger charge is -2.20. The number of amides is 1. The minimum atomic E-state index is -3.44. The van der Waals surface area contributed by atoms with Gasteiger partial charge in [0.05, 0.1) is 6.26 Å². The van der Waals surface area contributed by atoms with Crippen LogP contribution in [0.15, 0.2) is 48.5 Å². The number of benzene rings is 2. The number of carbonyl (C=O) groups is 1. The second kappa shape index (κ2) is 9.62. The summed E-state index contributed by atoms with van der Waals surface area (Å²) >= 11 is 0. The van der Waals surface area contributed by atoms with Crippen molar-refractivity contribution in [3.05, 3.63) is 71.0 Å². The molecule has 1 amide bonds. The molecule has 0 aliphatic heterocycles. The van der Waals surface area contributed by atoms with E-state index in [-0.39, 0.29) is 31.2 Å². The van der Waals surface area contributed by atoms with Gasteiger partial charge in [-0.05, 0) is 30.5 Å². The van der Waals surface area contributed by atoms with Gasteiger partial charge < -0.3 is 5.32 Å². The molecule has 0 fully saturated rings. The summed E-state index contributed by atoms with van der Waals surface area (Å²) in [7, 11) is -3.44. The van der Waals surface area contributed by atoms with Gasteiger partial charge in [0.2, 0.25) is 15.9 Å². The molecule has 27 heavy (non-hydrogen) atoms. The average molecular weight is 392 g/mol. The Bertz CT molecular complexity index is 884. The van der Waals surface area contributed by atoms with Crippen LogP contribution in [-0.4, -0.2) is 38.0 Å². The lowest BCUT2D eigenvalue weighted by molar-refractivity contribution is -0.121. The Morgan fingerprint density at radius 3 is 2.56 bits per heavy atom. The van der Waals surface area contributed by atoms with Crippen LogP contribution in [0.5, 0.6) is 0 Å². The minimum absolute atomic E-state index is 0.0517. The number of sulfonamides is 1. The monoisotopic (exact) mass is 392 g/mol. The highest BCUT2D eigenvalue weighted by atomic mass is 32.2. The molecule has 0 aromatic heterocycles. The van der Waals surface area contributed by atoms with Gasteiger partial charge in [0.25, 0.3) is 0 Å². The average Bonchev–Trinajstić information content (AvgIpc) is 2.59. The third-order valence-corrected chi connectivity index (χ3v) is 5.42. The molecule has 2 aromatic carbocycles. The molecule has 0 spiro atoms. The molecule has 0 radical (unpaired) electrons. The molecular formula is C20H25FN2O3S. The van der Waals surface area contributed by atoms with Crippen molar-refractivity contribution in [2.75, 3.05) is 19.3 Å². The van der Waals surface area contributed by atoms with E-state index in [0.29, 0.717) is 18.5 Å². The maximum atomic E-state index is 13.5. The lowest BCUT2D eigenvalue weighted by atomic mass is 10.1. The highest BCUT2D eigenvalue weighted by Crippen LogP contribution is 2.11. The topological polar surface area (TPSA) is 66.5 Å². The van der Waals surface area contributed by atoms with Crippen molar-refractivity contribution < 1.29 is 17.6 Å². The molecule has 0 saturated carbocycles. The summed E-state index contributed by atoms with van der Waals surface area (Å²) in [6.45, 7) is 2.56. The van der Waals surface area contributed by atoms with E-state index in [4.69, 9.17) is 0 Å². The van der Waals surface area contributed by atoms with Crippen LogP contribution in [0, 0.1) is 12.7 Å². The first-order chi connectivity index (χ1) is 12.8. The number of nitrogens with zero attached hydrogens (tertiary/aromatic N) is 1. The first-order valence-electron chi connectivity index (χ1n) is 8.76. The molecule has 0 heterocycles. The maximum Gasteiger partial charge on any atom is 0.221 e. The zero-order valence-electron chi connectivity index (χ0n) is 15.6. The summed E-state index contributed by atoms with van der Waals surface area (Å²) in [5, 5.41) is 2.71. The third kappa shape index (κ3) is 7.11. The highest BCUT2D eigenvalue weighted by Gasteiger charge is 2.18. The van der Waals surface area contributed by atoms with E-state index in [2.05, 4.69) is 5.32 Å². The van der Waals surface area contributed by atoms with E-state index >= 15 is 0 Å². The largest absolute Gasteiger partial charge is 0.356 e. The smallest absolute Gasteiger partial charge is 0.221 e. The summed E-state index contributed by atoms with van der Waals surface area (Å²) < 4.78 is 38.9. The molecule has 2 aromatic rings. The van der Waals surface area contributed by atoms with Gasteiger partial charge in [-0.25, -0.2) is 12.8 Å². The van der Waals surface area contributed by atoms with E-state index in [1.54, 1.807) is 18.2 Å². The number of rotatable bonds is 9. The first-order valence-corrected chi connectivity index (χ1v) is 10.6. The van der Waals surface area contributed by atoms with Gasteiger partial charge in [0.15, 0.2) is 0 Å². The summed E-state index contributed by atoms with van der Waals surface area (Å²) in [5.41, 5.74) is 2.46. The number of carbonyl (C=O) groups excluding carboxylic acids is 1. The van der Waals surface area contributed by atoms with Gasteiger partial charge in [0, 0.05) is 26.1 Å². The zero-order chi connectivity index (χ0) is 19.9. The van der Waals surface area contributed by atoms with Crippen LogP contribution in [0.3, 0.4) is 0 Å². The van der Waals surface area contributed by atoms with Gasteiger partial charge in [-0.3, -0.25) is 4.79 Å². The lowest BCUT2D eigenvalue weighted by Crippen LogP contribution is -2.34. The van der Waals surface area contributed by atoms with Gasteiger partial charge >= 0.3 is 0 Å². The Hall–Kier alpha value is -2.25. The zero-order valence-corrected chi connectivity index (χ0v) is 16.4. The van der Waals surface area contributed by atoms with Gasteiger partial charge in [-0.1, -0.05) is 48.0 Å². The van der Waals surface area contributed by atoms with Crippen molar-refractivity contribution in [3.63, 3.8) is 0 Å². The molecule has 146 valence electrons. The van der Waals surface area contributed by atoms with E-state index in [1.165, 1.54) is 10.4 Å². The maximum absolute atomic E-state index is 13.5. The van der Waals surface area contributed by atoms with Crippen molar-refractivity contribution in [1.82, 2.24) is 9.62 Å². The Labute approximate surface area is 160 Å². The van der Waals surface area contributed by atoms with Crippen molar-refractivity contribution in [3.8, 4) is 0 Å². The second-order valence-corrected chi connectivity index (χ2v) is 8.51. The van der Waals surface area contributed by atoms with Crippen LogP contribution in [0.2, 0.25) is 0 Å². The minimum Gasteiger partial charge on any atom is -0.356 e. The van der Waals surface area contributed by atoms with Gasteiger partial charge in [-0.2, -0.15) is 4.31 Å². The number of aryl methyl sites for hydroxylation is 1. The standard InChI is InChI=1S/C20H25FN2O3S/c1-16-6-5-7-17(14-16)15-23(27(2,25)26)13-11-20(24)22-12-10-18-8-3-4-9-19(18)21/h3-9,14H,10-13,15H2,1-2H3,(H,22,24). The number of halogens is 1. The molecule has 0 aliphatic carbocycles. The molecule has 0 unspecified atom stereocenters. The van der Waals surface area contributed by atoms with Crippen LogP contribution in [0.4, 0.5) is 4.39 Å². The quantitative estimate of drug-likeness (QED) is 0.713. The Morgan fingerprint density at radius 1 is 1.15 bits per heavy atom. The van der Waals surface area contributed by atoms with Gasteiger partial charge in [-0.15, -0.1) is 0 Å². The Kier molecular flexibility index (Phi) is 7.50.